The predicted molar refractivity (Wildman–Crippen MR) is 105 cm³/mol. The van der Waals surface area contributed by atoms with E-state index in [1.165, 1.54) is 69.5 Å². The number of rotatable bonds is 5. The Hall–Kier alpha value is -0.350. The zero-order chi connectivity index (χ0) is 16.1. The normalized spacial score (nSPS) is 31.9. The summed E-state index contributed by atoms with van der Waals surface area (Å²) in [6, 6.07) is 9.22. The van der Waals surface area contributed by atoms with E-state index in [2.05, 4.69) is 40.4 Å². The molecule has 2 aliphatic carbocycles. The van der Waals surface area contributed by atoms with Crippen molar-refractivity contribution in [1.29, 1.82) is 0 Å². The van der Waals surface area contributed by atoms with Gasteiger partial charge in [-0.2, -0.15) is 0 Å². The molecule has 1 aromatic carbocycles. The van der Waals surface area contributed by atoms with E-state index in [9.17, 15) is 0 Å². The molecule has 1 heteroatoms. The average Bonchev–Trinajstić information content (AvgIpc) is 2.59. The molecule has 0 saturated heterocycles. The van der Waals surface area contributed by atoms with E-state index < -0.39 is 0 Å². The minimum absolute atomic E-state index is 0.946. The summed E-state index contributed by atoms with van der Waals surface area (Å²) in [7, 11) is 2.95. The lowest BCUT2D eigenvalue weighted by molar-refractivity contribution is 0.196. The number of hydrogen-bond acceptors (Lipinski definition) is 0. The summed E-state index contributed by atoms with van der Waals surface area (Å²) in [5.74, 6) is 4.06. The zero-order valence-electron chi connectivity index (χ0n) is 15.0. The first-order chi connectivity index (χ1) is 11.2. The molecule has 23 heavy (non-hydrogen) atoms. The van der Waals surface area contributed by atoms with Gasteiger partial charge in [0.15, 0.2) is 0 Å². The molecule has 1 atom stereocenters. The van der Waals surface area contributed by atoms with Crippen LogP contribution in [0.2, 0.25) is 0 Å². The SMILES string of the molecule is Cc1ccc(CC2CCC(CC3CCC(CP)CC3)CC2)cc1. The summed E-state index contributed by atoms with van der Waals surface area (Å²) in [5, 5.41) is 0. The highest BCUT2D eigenvalue weighted by Crippen LogP contribution is 2.39. The van der Waals surface area contributed by atoms with Crippen LogP contribution < -0.4 is 0 Å². The van der Waals surface area contributed by atoms with Gasteiger partial charge in [-0.25, -0.2) is 0 Å². The van der Waals surface area contributed by atoms with Gasteiger partial charge in [0.05, 0.1) is 0 Å². The van der Waals surface area contributed by atoms with Gasteiger partial charge in [-0.15, -0.1) is 9.24 Å². The van der Waals surface area contributed by atoms with Crippen LogP contribution in [0.25, 0.3) is 0 Å². The van der Waals surface area contributed by atoms with Crippen LogP contribution in [0.4, 0.5) is 0 Å². The molecule has 128 valence electrons. The Morgan fingerprint density at radius 3 is 1.74 bits per heavy atom. The van der Waals surface area contributed by atoms with Gasteiger partial charge in [-0.3, -0.25) is 0 Å². The Balaban J connectivity index is 1.38. The van der Waals surface area contributed by atoms with E-state index in [4.69, 9.17) is 0 Å². The molecular weight excluding hydrogens is 295 g/mol. The molecule has 2 fully saturated rings. The van der Waals surface area contributed by atoms with Crippen LogP contribution in [0.1, 0.15) is 68.9 Å². The molecule has 0 aromatic heterocycles. The Morgan fingerprint density at radius 2 is 1.22 bits per heavy atom. The van der Waals surface area contributed by atoms with Crippen molar-refractivity contribution in [2.75, 3.05) is 6.16 Å². The van der Waals surface area contributed by atoms with Crippen molar-refractivity contribution in [1.82, 2.24) is 0 Å². The minimum atomic E-state index is 0.946. The molecular formula is C22H35P. The zero-order valence-corrected chi connectivity index (χ0v) is 16.1. The lowest BCUT2D eigenvalue weighted by atomic mass is 9.72. The van der Waals surface area contributed by atoms with Gasteiger partial charge in [0.1, 0.15) is 0 Å². The van der Waals surface area contributed by atoms with Crippen LogP contribution in [0.5, 0.6) is 0 Å². The van der Waals surface area contributed by atoms with Crippen molar-refractivity contribution in [3.63, 3.8) is 0 Å². The third-order valence-electron chi connectivity index (χ3n) is 6.58. The van der Waals surface area contributed by atoms with Crippen molar-refractivity contribution in [2.45, 2.75) is 71.1 Å². The predicted octanol–water partition coefficient (Wildman–Crippen LogP) is 6.42. The van der Waals surface area contributed by atoms with Gasteiger partial charge in [-0.05, 0) is 80.8 Å². The van der Waals surface area contributed by atoms with Crippen LogP contribution >= 0.6 is 9.24 Å². The fourth-order valence-corrected chi connectivity index (χ4v) is 5.37. The molecule has 1 unspecified atom stereocenters. The molecule has 2 saturated carbocycles. The van der Waals surface area contributed by atoms with Crippen molar-refractivity contribution in [2.24, 2.45) is 23.7 Å². The molecule has 0 heterocycles. The lowest BCUT2D eigenvalue weighted by Crippen LogP contribution is -2.22. The molecule has 0 radical (unpaired) electrons. The largest absolute Gasteiger partial charge is 0.137 e. The Bertz CT molecular complexity index is 447. The van der Waals surface area contributed by atoms with Gasteiger partial charge >= 0.3 is 0 Å². The number of hydrogen-bond donors (Lipinski definition) is 0. The van der Waals surface area contributed by atoms with Gasteiger partial charge in [0.25, 0.3) is 0 Å². The summed E-state index contributed by atoms with van der Waals surface area (Å²) >= 11 is 0. The third kappa shape index (κ3) is 5.32. The van der Waals surface area contributed by atoms with Crippen molar-refractivity contribution in [3.8, 4) is 0 Å². The quantitative estimate of drug-likeness (QED) is 0.547. The van der Waals surface area contributed by atoms with Crippen molar-refractivity contribution >= 4 is 9.24 Å². The maximum atomic E-state index is 2.95. The van der Waals surface area contributed by atoms with E-state index in [1.54, 1.807) is 12.0 Å². The van der Waals surface area contributed by atoms with E-state index in [1.807, 2.05) is 0 Å². The van der Waals surface area contributed by atoms with E-state index >= 15 is 0 Å². The number of benzene rings is 1. The molecule has 0 bridgehead atoms. The molecule has 0 spiro atoms. The van der Waals surface area contributed by atoms with Crippen LogP contribution in [-0.4, -0.2) is 6.16 Å². The summed E-state index contributed by atoms with van der Waals surface area (Å²) in [6.07, 6.45) is 16.2. The van der Waals surface area contributed by atoms with Crippen molar-refractivity contribution < 1.29 is 0 Å². The topological polar surface area (TPSA) is 0 Å². The average molecular weight is 330 g/mol. The van der Waals surface area contributed by atoms with Gasteiger partial charge in [0, 0.05) is 0 Å². The molecule has 2 aliphatic rings. The lowest BCUT2D eigenvalue weighted by Gasteiger charge is -2.34. The highest BCUT2D eigenvalue weighted by molar-refractivity contribution is 7.16. The molecule has 0 amide bonds. The molecule has 0 N–H and O–H groups in total. The highest BCUT2D eigenvalue weighted by Gasteiger charge is 2.26. The standard InChI is InChI=1S/C22H35P/c1-17-2-4-18(5-3-17)14-19-6-8-20(9-7-19)15-21-10-12-22(16-23)13-11-21/h2-5,19-22H,6-16,23H2,1H3. The second kappa shape index (κ2) is 8.66. The van der Waals surface area contributed by atoms with E-state index in [0.717, 1.165) is 23.7 Å². The summed E-state index contributed by atoms with van der Waals surface area (Å²) in [5.41, 5.74) is 2.93. The fourth-order valence-electron chi connectivity index (χ4n) is 4.90. The smallest absolute Gasteiger partial charge is 0.0250 e. The van der Waals surface area contributed by atoms with E-state index in [0.29, 0.717) is 0 Å². The second-order valence-electron chi connectivity index (χ2n) is 8.43. The van der Waals surface area contributed by atoms with Crippen LogP contribution in [0.3, 0.4) is 0 Å². The first kappa shape index (κ1) is 17.5. The summed E-state index contributed by atoms with van der Waals surface area (Å²) in [6.45, 7) is 2.18. The maximum absolute atomic E-state index is 2.95. The minimum Gasteiger partial charge on any atom is -0.137 e. The third-order valence-corrected chi connectivity index (χ3v) is 7.24. The highest BCUT2D eigenvalue weighted by atomic mass is 31.0. The van der Waals surface area contributed by atoms with E-state index in [-0.39, 0.29) is 0 Å². The van der Waals surface area contributed by atoms with Crippen LogP contribution in [0.15, 0.2) is 24.3 Å². The fraction of sp³-hybridized carbons (Fsp3) is 0.727. The van der Waals surface area contributed by atoms with Gasteiger partial charge in [0.2, 0.25) is 0 Å². The molecule has 1 aromatic rings. The monoisotopic (exact) mass is 330 g/mol. The molecule has 0 aliphatic heterocycles. The molecule has 0 nitrogen and oxygen atoms in total. The Kier molecular flexibility index (Phi) is 6.58. The maximum Gasteiger partial charge on any atom is -0.0250 e. The first-order valence-electron chi connectivity index (χ1n) is 9.98. The summed E-state index contributed by atoms with van der Waals surface area (Å²) < 4.78 is 0. The van der Waals surface area contributed by atoms with Crippen molar-refractivity contribution in [3.05, 3.63) is 35.4 Å². The Morgan fingerprint density at radius 1 is 0.739 bits per heavy atom. The van der Waals surface area contributed by atoms with Crippen LogP contribution in [-0.2, 0) is 6.42 Å². The van der Waals surface area contributed by atoms with Gasteiger partial charge in [-0.1, -0.05) is 55.5 Å². The number of aryl methyl sites for hydroxylation is 1. The second-order valence-corrected chi connectivity index (χ2v) is 8.91. The van der Waals surface area contributed by atoms with Crippen LogP contribution in [0, 0.1) is 30.6 Å². The first-order valence-corrected chi connectivity index (χ1v) is 10.8. The Labute approximate surface area is 146 Å². The molecule has 3 rings (SSSR count). The van der Waals surface area contributed by atoms with Gasteiger partial charge < -0.3 is 0 Å². The summed E-state index contributed by atoms with van der Waals surface area (Å²) in [4.78, 5) is 0.